The van der Waals surface area contributed by atoms with Crippen molar-refractivity contribution in [1.29, 1.82) is 0 Å². The third kappa shape index (κ3) is 5.02. The van der Waals surface area contributed by atoms with Crippen molar-refractivity contribution in [3.8, 4) is 0 Å². The van der Waals surface area contributed by atoms with Crippen LogP contribution in [0, 0.1) is 5.92 Å². The number of furan rings is 1. The first kappa shape index (κ1) is 24.8. The van der Waals surface area contributed by atoms with E-state index in [1.807, 2.05) is 12.1 Å². The zero-order chi connectivity index (χ0) is 23.0. The van der Waals surface area contributed by atoms with E-state index < -0.39 is 10.0 Å². The van der Waals surface area contributed by atoms with E-state index in [1.54, 1.807) is 35.5 Å². The number of aromatic nitrogens is 1. The molecule has 2 aliphatic heterocycles. The lowest BCUT2D eigenvalue weighted by atomic mass is 9.95. The first-order valence-corrected chi connectivity index (χ1v) is 12.8. The van der Waals surface area contributed by atoms with Gasteiger partial charge in [0.1, 0.15) is 5.58 Å². The fourth-order valence-electron chi connectivity index (χ4n) is 4.57. The minimum Gasteiger partial charge on any atom is -0.443 e. The molecule has 182 valence electrons. The molecular weight excluding hydrogens is 499 g/mol. The van der Waals surface area contributed by atoms with Gasteiger partial charge in [-0.05, 0) is 49.1 Å². The largest absolute Gasteiger partial charge is 0.443 e. The van der Waals surface area contributed by atoms with Gasteiger partial charge in [0.2, 0.25) is 11.0 Å². The molecule has 0 spiro atoms. The molecule has 0 saturated carbocycles. The topological polar surface area (TPSA) is 87.0 Å². The molecule has 1 amide bonds. The van der Waals surface area contributed by atoms with Crippen LogP contribution in [-0.2, 0) is 14.8 Å². The smallest absolute Gasteiger partial charge is 0.277 e. The summed E-state index contributed by atoms with van der Waals surface area (Å²) in [5.41, 5.74) is 1.62. The highest BCUT2D eigenvalue weighted by Gasteiger charge is 2.36. The Labute approximate surface area is 209 Å². The van der Waals surface area contributed by atoms with Gasteiger partial charge in [0.15, 0.2) is 0 Å². The number of piperidine rings is 1. The fraction of sp³-hybridized carbons (Fsp3) is 0.391. The highest BCUT2D eigenvalue weighted by molar-refractivity contribution is 7.89. The van der Waals surface area contributed by atoms with Crippen LogP contribution < -0.4 is 4.90 Å². The molecule has 0 radical (unpaired) electrons. The molecule has 5 rings (SSSR count). The molecule has 2 aliphatic rings. The summed E-state index contributed by atoms with van der Waals surface area (Å²) in [6.45, 7) is 3.01. The highest BCUT2D eigenvalue weighted by atomic mass is 35.5. The van der Waals surface area contributed by atoms with Gasteiger partial charge < -0.3 is 14.2 Å². The molecule has 2 saturated heterocycles. The summed E-state index contributed by atoms with van der Waals surface area (Å²) in [5.74, 6) is 0.246. The van der Waals surface area contributed by atoms with Crippen LogP contribution in [0.4, 0.5) is 5.69 Å². The normalized spacial score (nSPS) is 18.3. The average Bonchev–Trinajstić information content (AvgIpc) is 3.25. The van der Waals surface area contributed by atoms with Crippen molar-refractivity contribution in [3.05, 3.63) is 53.8 Å². The molecule has 2 aromatic heterocycles. The summed E-state index contributed by atoms with van der Waals surface area (Å²) in [6.07, 6.45) is 5.59. The van der Waals surface area contributed by atoms with Crippen LogP contribution in [0.3, 0.4) is 0 Å². The Morgan fingerprint density at radius 1 is 1.03 bits per heavy atom. The van der Waals surface area contributed by atoms with Crippen LogP contribution >= 0.6 is 24.0 Å². The number of fused-ring (bicyclic) bond motifs is 1. The van der Waals surface area contributed by atoms with Gasteiger partial charge in [0.25, 0.3) is 10.0 Å². The Morgan fingerprint density at radius 2 is 1.76 bits per heavy atom. The van der Waals surface area contributed by atoms with Gasteiger partial charge in [0.05, 0.1) is 6.54 Å². The van der Waals surface area contributed by atoms with Crippen molar-refractivity contribution in [2.24, 2.45) is 5.92 Å². The number of nitrogens with zero attached hydrogens (tertiary/aromatic N) is 4. The van der Waals surface area contributed by atoms with E-state index in [0.29, 0.717) is 35.0 Å². The number of hydrogen-bond acceptors (Lipinski definition) is 6. The SMILES string of the molecule is Cl.O=C1CN(S(=O)(=O)c2cc3cc(Cl)ccc3o2)CCN1CC1CCN(c2ccncc2)CC1. The second-order valence-corrected chi connectivity index (χ2v) is 10.9. The zero-order valence-corrected chi connectivity index (χ0v) is 20.9. The zero-order valence-electron chi connectivity index (χ0n) is 18.5. The summed E-state index contributed by atoms with van der Waals surface area (Å²) >= 11 is 5.99. The summed E-state index contributed by atoms with van der Waals surface area (Å²) in [6, 6.07) is 10.4. The van der Waals surface area contributed by atoms with E-state index in [0.717, 1.165) is 25.9 Å². The van der Waals surface area contributed by atoms with Crippen LogP contribution in [-0.4, -0.2) is 67.8 Å². The fourth-order valence-corrected chi connectivity index (χ4v) is 6.08. The van der Waals surface area contributed by atoms with E-state index in [-0.39, 0.29) is 36.5 Å². The molecular formula is C23H26Cl2N4O4S. The average molecular weight is 525 g/mol. The second-order valence-electron chi connectivity index (χ2n) is 8.56. The number of halogens is 2. The van der Waals surface area contributed by atoms with E-state index in [2.05, 4.69) is 9.88 Å². The maximum absolute atomic E-state index is 13.1. The van der Waals surface area contributed by atoms with Gasteiger partial charge >= 0.3 is 0 Å². The van der Waals surface area contributed by atoms with Crippen molar-refractivity contribution < 1.29 is 17.6 Å². The number of benzene rings is 1. The molecule has 2 fully saturated rings. The summed E-state index contributed by atoms with van der Waals surface area (Å²) in [5, 5.41) is 0.955. The summed E-state index contributed by atoms with van der Waals surface area (Å²) in [7, 11) is -3.90. The molecule has 34 heavy (non-hydrogen) atoms. The molecule has 4 heterocycles. The van der Waals surface area contributed by atoms with Crippen LogP contribution in [0.5, 0.6) is 0 Å². The molecule has 0 bridgehead atoms. The third-order valence-corrected chi connectivity index (χ3v) is 8.39. The number of rotatable bonds is 5. The molecule has 0 N–H and O–H groups in total. The van der Waals surface area contributed by atoms with Gasteiger partial charge in [-0.3, -0.25) is 9.78 Å². The number of carbonyl (C=O) groups excluding carboxylic acids is 1. The van der Waals surface area contributed by atoms with E-state index >= 15 is 0 Å². The lowest BCUT2D eigenvalue weighted by Gasteiger charge is -2.38. The van der Waals surface area contributed by atoms with Crippen molar-refractivity contribution in [2.75, 3.05) is 44.2 Å². The lowest BCUT2D eigenvalue weighted by Crippen LogP contribution is -2.53. The third-order valence-electron chi connectivity index (χ3n) is 6.45. The van der Waals surface area contributed by atoms with Crippen molar-refractivity contribution in [3.63, 3.8) is 0 Å². The van der Waals surface area contributed by atoms with Gasteiger partial charge in [-0.15, -0.1) is 12.4 Å². The minimum atomic E-state index is -3.90. The Kier molecular flexibility index (Phi) is 7.37. The maximum Gasteiger partial charge on any atom is 0.277 e. The first-order chi connectivity index (χ1) is 15.9. The van der Waals surface area contributed by atoms with Gasteiger partial charge in [-0.1, -0.05) is 11.6 Å². The van der Waals surface area contributed by atoms with Gasteiger partial charge in [0, 0.05) is 67.3 Å². The second kappa shape index (κ2) is 10.1. The van der Waals surface area contributed by atoms with Crippen molar-refractivity contribution in [1.82, 2.24) is 14.2 Å². The number of carbonyl (C=O) groups is 1. The molecule has 0 aliphatic carbocycles. The Balaban J connectivity index is 0.00000274. The number of sulfonamides is 1. The molecule has 0 unspecified atom stereocenters. The number of anilines is 1. The van der Waals surface area contributed by atoms with E-state index in [4.69, 9.17) is 16.0 Å². The standard InChI is InChI=1S/C23H25ClN4O4S.ClH/c24-19-1-2-21-18(13-19)14-23(32-21)33(30,31)28-12-11-27(22(29)16-28)15-17-5-9-26(10-6-17)20-3-7-25-8-4-20;/h1-4,7-8,13-14,17H,5-6,9-12,15-16H2;1H. The van der Waals surface area contributed by atoms with Crippen LogP contribution in [0.25, 0.3) is 11.0 Å². The first-order valence-electron chi connectivity index (χ1n) is 11.0. The molecule has 3 aromatic rings. The Morgan fingerprint density at radius 3 is 2.47 bits per heavy atom. The quantitative estimate of drug-likeness (QED) is 0.506. The summed E-state index contributed by atoms with van der Waals surface area (Å²) < 4.78 is 32.9. The molecule has 1 aromatic carbocycles. The van der Waals surface area contributed by atoms with E-state index in [1.165, 1.54) is 16.1 Å². The summed E-state index contributed by atoms with van der Waals surface area (Å²) in [4.78, 5) is 21.0. The molecule has 8 nitrogen and oxygen atoms in total. The maximum atomic E-state index is 13.1. The lowest BCUT2D eigenvalue weighted by molar-refractivity contribution is -0.134. The molecule has 0 atom stereocenters. The van der Waals surface area contributed by atoms with Gasteiger partial charge in [-0.2, -0.15) is 4.31 Å². The minimum absolute atomic E-state index is 0. The van der Waals surface area contributed by atoms with Crippen LogP contribution in [0.1, 0.15) is 12.8 Å². The Bertz CT molecular complexity index is 1260. The number of pyridine rings is 1. The highest BCUT2D eigenvalue weighted by Crippen LogP contribution is 2.29. The monoisotopic (exact) mass is 524 g/mol. The van der Waals surface area contributed by atoms with Gasteiger partial charge in [-0.25, -0.2) is 8.42 Å². The van der Waals surface area contributed by atoms with Crippen molar-refractivity contribution in [2.45, 2.75) is 17.9 Å². The van der Waals surface area contributed by atoms with Crippen LogP contribution in [0.2, 0.25) is 5.02 Å². The predicted molar refractivity (Wildman–Crippen MR) is 133 cm³/mol. The molecule has 11 heteroatoms. The predicted octanol–water partition coefficient (Wildman–Crippen LogP) is 3.65. The number of amides is 1. The van der Waals surface area contributed by atoms with Crippen molar-refractivity contribution >= 4 is 56.6 Å². The van der Waals surface area contributed by atoms with E-state index in [9.17, 15) is 13.2 Å². The number of hydrogen-bond donors (Lipinski definition) is 0. The van der Waals surface area contributed by atoms with Crippen LogP contribution in [0.15, 0.2) is 58.3 Å². The number of piperazine rings is 1. The Hall–Kier alpha value is -2.33.